The van der Waals surface area contributed by atoms with Gasteiger partial charge in [0.05, 0.1) is 12.8 Å². The Morgan fingerprint density at radius 1 is 1.27 bits per heavy atom. The lowest BCUT2D eigenvalue weighted by Crippen LogP contribution is -2.15. The molecule has 0 fully saturated rings. The smallest absolute Gasteiger partial charge is 0.142 e. The Labute approximate surface area is 137 Å². The number of para-hydroxylation sites is 2. The standard InChI is InChI=1S/C16H20N4O.ClH/c1-10-9-12-15(17-10)18-11(2)19-16(12)20(3)13-7-5-6-8-14(13)21-4;/h5-8,10H,9H2,1-4H3,(H,17,18,19);1H. The van der Waals surface area contributed by atoms with Crippen LogP contribution in [0.4, 0.5) is 17.3 Å². The third-order valence-corrected chi connectivity index (χ3v) is 3.75. The Hall–Kier alpha value is -2.01. The highest BCUT2D eigenvalue weighted by atomic mass is 35.5. The summed E-state index contributed by atoms with van der Waals surface area (Å²) in [4.78, 5) is 11.2. The minimum atomic E-state index is 0. The zero-order valence-electron chi connectivity index (χ0n) is 13.3. The number of rotatable bonds is 3. The molecule has 118 valence electrons. The molecule has 0 saturated carbocycles. The van der Waals surface area contributed by atoms with E-state index in [1.54, 1.807) is 7.11 Å². The molecule has 1 aliphatic heterocycles. The molecule has 0 spiro atoms. The summed E-state index contributed by atoms with van der Waals surface area (Å²) in [5, 5.41) is 3.40. The van der Waals surface area contributed by atoms with Gasteiger partial charge in [-0.15, -0.1) is 12.4 Å². The molecular weight excluding hydrogens is 300 g/mol. The second-order valence-electron chi connectivity index (χ2n) is 5.40. The van der Waals surface area contributed by atoms with Crippen LogP contribution in [0.2, 0.25) is 0 Å². The van der Waals surface area contributed by atoms with E-state index in [0.29, 0.717) is 6.04 Å². The number of anilines is 3. The number of hydrogen-bond acceptors (Lipinski definition) is 5. The number of benzene rings is 1. The summed E-state index contributed by atoms with van der Waals surface area (Å²) < 4.78 is 5.46. The van der Waals surface area contributed by atoms with Crippen LogP contribution in [0.1, 0.15) is 18.3 Å². The summed E-state index contributed by atoms with van der Waals surface area (Å²) in [7, 11) is 3.70. The fraction of sp³-hybridized carbons (Fsp3) is 0.375. The normalized spacial score (nSPS) is 15.5. The summed E-state index contributed by atoms with van der Waals surface area (Å²) in [6.45, 7) is 4.08. The molecule has 6 heteroatoms. The van der Waals surface area contributed by atoms with Gasteiger partial charge in [-0.05, 0) is 32.4 Å². The molecule has 0 radical (unpaired) electrons. The van der Waals surface area contributed by atoms with Gasteiger partial charge in [-0.3, -0.25) is 0 Å². The molecule has 1 atom stereocenters. The van der Waals surface area contributed by atoms with Crippen LogP contribution in [0.3, 0.4) is 0 Å². The van der Waals surface area contributed by atoms with E-state index in [1.165, 1.54) is 5.56 Å². The lowest BCUT2D eigenvalue weighted by molar-refractivity contribution is 0.415. The molecule has 1 aromatic heterocycles. The van der Waals surface area contributed by atoms with Crippen LogP contribution in [0.25, 0.3) is 0 Å². The molecule has 0 saturated heterocycles. The van der Waals surface area contributed by atoms with Crippen LogP contribution >= 0.6 is 12.4 Å². The van der Waals surface area contributed by atoms with Crippen molar-refractivity contribution in [2.45, 2.75) is 26.3 Å². The lowest BCUT2D eigenvalue weighted by Gasteiger charge is -2.23. The van der Waals surface area contributed by atoms with Gasteiger partial charge in [-0.2, -0.15) is 0 Å². The molecule has 0 bridgehead atoms. The SMILES string of the molecule is COc1ccccc1N(C)c1nc(C)nc2c1CC(C)N2.Cl. The van der Waals surface area contributed by atoms with Crippen LogP contribution < -0.4 is 15.0 Å². The number of nitrogens with one attached hydrogen (secondary N) is 1. The van der Waals surface area contributed by atoms with Crippen molar-refractivity contribution in [3.63, 3.8) is 0 Å². The molecule has 1 aliphatic rings. The number of methoxy groups -OCH3 is 1. The Morgan fingerprint density at radius 2 is 2.00 bits per heavy atom. The predicted molar refractivity (Wildman–Crippen MR) is 91.9 cm³/mol. The Kier molecular flexibility index (Phi) is 4.76. The highest BCUT2D eigenvalue weighted by molar-refractivity contribution is 5.85. The van der Waals surface area contributed by atoms with Gasteiger partial charge in [0.25, 0.3) is 0 Å². The highest BCUT2D eigenvalue weighted by Gasteiger charge is 2.25. The molecule has 0 amide bonds. The minimum Gasteiger partial charge on any atom is -0.495 e. The van der Waals surface area contributed by atoms with Crippen LogP contribution in [0.15, 0.2) is 24.3 Å². The van der Waals surface area contributed by atoms with Gasteiger partial charge in [-0.1, -0.05) is 12.1 Å². The quantitative estimate of drug-likeness (QED) is 0.940. The van der Waals surface area contributed by atoms with Crippen LogP contribution in [0.5, 0.6) is 5.75 Å². The Morgan fingerprint density at radius 3 is 2.73 bits per heavy atom. The fourth-order valence-electron chi connectivity index (χ4n) is 2.78. The molecule has 0 aliphatic carbocycles. The third-order valence-electron chi connectivity index (χ3n) is 3.75. The first kappa shape index (κ1) is 16.4. The van der Waals surface area contributed by atoms with Gasteiger partial charge in [0.15, 0.2) is 0 Å². The summed E-state index contributed by atoms with van der Waals surface area (Å²) in [6, 6.07) is 8.36. The Bertz CT molecular complexity index is 677. The zero-order valence-corrected chi connectivity index (χ0v) is 14.1. The largest absolute Gasteiger partial charge is 0.495 e. The van der Waals surface area contributed by atoms with E-state index in [-0.39, 0.29) is 12.4 Å². The molecule has 5 nitrogen and oxygen atoms in total. The topological polar surface area (TPSA) is 50.3 Å². The molecule has 3 rings (SSSR count). The number of ether oxygens (including phenoxy) is 1. The van der Waals surface area contributed by atoms with Gasteiger partial charge < -0.3 is 15.0 Å². The van der Waals surface area contributed by atoms with Crippen molar-refractivity contribution in [2.24, 2.45) is 0 Å². The van der Waals surface area contributed by atoms with Crippen LogP contribution in [-0.2, 0) is 6.42 Å². The maximum absolute atomic E-state index is 5.46. The summed E-state index contributed by atoms with van der Waals surface area (Å²) in [6.07, 6.45) is 0.935. The van der Waals surface area contributed by atoms with Crippen molar-refractivity contribution in [2.75, 3.05) is 24.4 Å². The van der Waals surface area contributed by atoms with Crippen LogP contribution in [-0.4, -0.2) is 30.2 Å². The number of hydrogen-bond donors (Lipinski definition) is 1. The average Bonchev–Trinajstić information content (AvgIpc) is 2.85. The third kappa shape index (κ3) is 2.81. The molecule has 22 heavy (non-hydrogen) atoms. The van der Waals surface area contributed by atoms with Crippen LogP contribution in [0, 0.1) is 6.92 Å². The maximum Gasteiger partial charge on any atom is 0.142 e. The van der Waals surface area contributed by atoms with Gasteiger partial charge in [-0.25, -0.2) is 9.97 Å². The zero-order chi connectivity index (χ0) is 15.0. The number of aromatic nitrogens is 2. The maximum atomic E-state index is 5.46. The molecular formula is C16H21ClN4O. The highest BCUT2D eigenvalue weighted by Crippen LogP contribution is 2.37. The Balaban J connectivity index is 0.00000176. The van der Waals surface area contributed by atoms with E-state index in [0.717, 1.165) is 35.3 Å². The van der Waals surface area contributed by atoms with Crippen molar-refractivity contribution in [1.29, 1.82) is 0 Å². The van der Waals surface area contributed by atoms with Crippen molar-refractivity contribution in [3.8, 4) is 5.75 Å². The van der Waals surface area contributed by atoms with E-state index in [2.05, 4.69) is 27.1 Å². The minimum absolute atomic E-state index is 0. The monoisotopic (exact) mass is 320 g/mol. The van der Waals surface area contributed by atoms with Crippen molar-refractivity contribution in [1.82, 2.24) is 9.97 Å². The predicted octanol–water partition coefficient (Wildman–Crippen LogP) is 3.34. The molecule has 1 N–H and O–H groups in total. The van der Waals surface area contributed by atoms with E-state index in [1.807, 2.05) is 38.2 Å². The summed E-state index contributed by atoms with van der Waals surface area (Å²) >= 11 is 0. The van der Waals surface area contributed by atoms with Crippen molar-refractivity contribution < 1.29 is 4.74 Å². The summed E-state index contributed by atoms with van der Waals surface area (Å²) in [5.74, 6) is 3.50. The first-order chi connectivity index (χ1) is 10.1. The van der Waals surface area contributed by atoms with Gasteiger partial charge in [0, 0.05) is 18.7 Å². The van der Waals surface area contributed by atoms with Gasteiger partial charge in [0.2, 0.25) is 0 Å². The second-order valence-corrected chi connectivity index (χ2v) is 5.40. The van der Waals surface area contributed by atoms with E-state index in [4.69, 9.17) is 4.74 Å². The van der Waals surface area contributed by atoms with Gasteiger partial charge in [0.1, 0.15) is 23.2 Å². The van der Waals surface area contributed by atoms with E-state index >= 15 is 0 Å². The molecule has 2 heterocycles. The lowest BCUT2D eigenvalue weighted by atomic mass is 10.1. The van der Waals surface area contributed by atoms with E-state index < -0.39 is 0 Å². The number of fused-ring (bicyclic) bond motifs is 1. The molecule has 1 aromatic carbocycles. The van der Waals surface area contributed by atoms with Gasteiger partial charge >= 0.3 is 0 Å². The molecule has 1 unspecified atom stereocenters. The molecule has 2 aromatic rings. The van der Waals surface area contributed by atoms with Crippen molar-refractivity contribution >= 4 is 29.7 Å². The average molecular weight is 321 g/mol. The second kappa shape index (κ2) is 6.40. The summed E-state index contributed by atoms with van der Waals surface area (Å²) in [5.41, 5.74) is 2.17. The fourth-order valence-corrected chi connectivity index (χ4v) is 2.78. The number of nitrogens with zero attached hydrogens (tertiary/aromatic N) is 3. The first-order valence-electron chi connectivity index (χ1n) is 7.11. The van der Waals surface area contributed by atoms with E-state index in [9.17, 15) is 0 Å². The van der Waals surface area contributed by atoms with Crippen molar-refractivity contribution in [3.05, 3.63) is 35.7 Å². The number of halogens is 1. The number of aryl methyl sites for hydroxylation is 1. The first-order valence-corrected chi connectivity index (χ1v) is 7.11.